The predicted octanol–water partition coefficient (Wildman–Crippen LogP) is 5.13. The van der Waals surface area contributed by atoms with E-state index in [-0.39, 0.29) is 0 Å². The zero-order chi connectivity index (χ0) is 13.0. The fourth-order valence-electron chi connectivity index (χ4n) is 2.74. The van der Waals surface area contributed by atoms with E-state index >= 15 is 0 Å². The first kappa shape index (κ1) is 14.5. The van der Waals surface area contributed by atoms with Crippen LogP contribution in [0.15, 0.2) is 10.5 Å². The quantitative estimate of drug-likeness (QED) is 0.739. The minimum Gasteiger partial charge on any atom is -0.312 e. The highest BCUT2D eigenvalue weighted by Crippen LogP contribution is 2.30. The maximum Gasteiger partial charge on any atom is 0.0314 e. The summed E-state index contributed by atoms with van der Waals surface area (Å²) in [6.45, 7) is 6.76. The predicted molar refractivity (Wildman–Crippen MR) is 84.2 cm³/mol. The Hall–Kier alpha value is 0.140. The molecular weight excluding hydrogens is 306 g/mol. The van der Waals surface area contributed by atoms with E-state index in [4.69, 9.17) is 0 Å². The third-order valence-electron chi connectivity index (χ3n) is 4.07. The Morgan fingerprint density at radius 1 is 1.33 bits per heavy atom. The maximum absolute atomic E-state index is 3.59. The molecule has 1 fully saturated rings. The second kappa shape index (κ2) is 7.06. The van der Waals surface area contributed by atoms with Gasteiger partial charge < -0.3 is 5.32 Å². The Balaban J connectivity index is 1.61. The number of rotatable bonds is 5. The SMILES string of the molecule is Cc1sc(CNCCC2CCC(C)CC2)cc1Br. The Labute approximate surface area is 123 Å². The fraction of sp³-hybridized carbons (Fsp3) is 0.733. The van der Waals surface area contributed by atoms with E-state index in [1.807, 2.05) is 11.3 Å². The molecule has 102 valence electrons. The third kappa shape index (κ3) is 4.36. The van der Waals surface area contributed by atoms with Gasteiger partial charge in [0.05, 0.1) is 0 Å². The third-order valence-corrected chi connectivity index (χ3v) is 6.21. The van der Waals surface area contributed by atoms with Crippen LogP contribution in [0.1, 0.15) is 48.8 Å². The molecule has 0 bridgehead atoms. The normalized spacial score (nSPS) is 24.4. The van der Waals surface area contributed by atoms with Crippen LogP contribution in [0.2, 0.25) is 0 Å². The average molecular weight is 330 g/mol. The first-order valence-electron chi connectivity index (χ1n) is 7.10. The number of hydrogen-bond donors (Lipinski definition) is 1. The molecule has 1 saturated carbocycles. The Bertz CT molecular complexity index is 347. The Kier molecular flexibility index (Phi) is 5.71. The lowest BCUT2D eigenvalue weighted by atomic mass is 9.81. The molecule has 1 aliphatic rings. The second-order valence-corrected chi connectivity index (χ2v) is 7.90. The van der Waals surface area contributed by atoms with Crippen molar-refractivity contribution in [2.75, 3.05) is 6.54 Å². The van der Waals surface area contributed by atoms with E-state index < -0.39 is 0 Å². The van der Waals surface area contributed by atoms with Crippen LogP contribution in [0.3, 0.4) is 0 Å². The minimum atomic E-state index is 0.973. The highest BCUT2D eigenvalue weighted by Gasteiger charge is 2.17. The van der Waals surface area contributed by atoms with Crippen molar-refractivity contribution in [3.63, 3.8) is 0 Å². The number of nitrogens with one attached hydrogen (secondary N) is 1. The lowest BCUT2D eigenvalue weighted by Crippen LogP contribution is -2.20. The maximum atomic E-state index is 3.59. The average Bonchev–Trinajstić information content (AvgIpc) is 2.67. The number of halogens is 1. The van der Waals surface area contributed by atoms with Gasteiger partial charge >= 0.3 is 0 Å². The Morgan fingerprint density at radius 2 is 2.06 bits per heavy atom. The van der Waals surface area contributed by atoms with Gasteiger partial charge in [0, 0.05) is 20.8 Å². The Morgan fingerprint density at radius 3 is 2.67 bits per heavy atom. The molecule has 1 nitrogen and oxygen atoms in total. The van der Waals surface area contributed by atoms with Crippen molar-refractivity contribution in [1.29, 1.82) is 0 Å². The van der Waals surface area contributed by atoms with Gasteiger partial charge in [0.15, 0.2) is 0 Å². The van der Waals surface area contributed by atoms with Crippen LogP contribution < -0.4 is 5.32 Å². The van der Waals surface area contributed by atoms with Crippen LogP contribution in [-0.4, -0.2) is 6.54 Å². The van der Waals surface area contributed by atoms with E-state index in [0.29, 0.717) is 0 Å². The molecule has 2 rings (SSSR count). The first-order chi connectivity index (χ1) is 8.65. The number of hydrogen-bond acceptors (Lipinski definition) is 2. The van der Waals surface area contributed by atoms with Crippen LogP contribution in [0.4, 0.5) is 0 Å². The molecule has 1 aliphatic carbocycles. The largest absolute Gasteiger partial charge is 0.312 e. The van der Waals surface area contributed by atoms with Crippen molar-refractivity contribution in [2.45, 2.75) is 52.5 Å². The zero-order valence-electron chi connectivity index (χ0n) is 11.5. The van der Waals surface area contributed by atoms with Gasteiger partial charge in [-0.2, -0.15) is 0 Å². The molecule has 0 saturated heterocycles. The summed E-state index contributed by atoms with van der Waals surface area (Å²) in [4.78, 5) is 2.82. The van der Waals surface area contributed by atoms with E-state index in [0.717, 1.165) is 18.4 Å². The zero-order valence-corrected chi connectivity index (χ0v) is 13.9. The van der Waals surface area contributed by atoms with Crippen molar-refractivity contribution >= 4 is 27.3 Å². The monoisotopic (exact) mass is 329 g/mol. The molecule has 0 spiro atoms. The minimum absolute atomic E-state index is 0.973. The molecule has 0 aliphatic heterocycles. The summed E-state index contributed by atoms with van der Waals surface area (Å²) in [7, 11) is 0. The smallest absolute Gasteiger partial charge is 0.0314 e. The molecule has 1 N–H and O–H groups in total. The van der Waals surface area contributed by atoms with Crippen molar-refractivity contribution in [2.24, 2.45) is 11.8 Å². The molecule has 0 amide bonds. The summed E-state index contributed by atoms with van der Waals surface area (Å²) >= 11 is 5.47. The molecule has 0 atom stereocenters. The van der Waals surface area contributed by atoms with Crippen LogP contribution in [-0.2, 0) is 6.54 Å². The summed E-state index contributed by atoms with van der Waals surface area (Å²) in [5.74, 6) is 1.95. The van der Waals surface area contributed by atoms with Gasteiger partial charge in [-0.05, 0) is 53.7 Å². The van der Waals surface area contributed by atoms with Crippen molar-refractivity contribution in [3.8, 4) is 0 Å². The first-order valence-corrected chi connectivity index (χ1v) is 8.71. The molecule has 0 radical (unpaired) electrons. The standard InChI is InChI=1S/C15H24BrNS/c1-11-3-5-13(6-4-11)7-8-17-10-14-9-15(16)12(2)18-14/h9,11,13,17H,3-8,10H2,1-2H3. The van der Waals surface area contributed by atoms with Crippen LogP contribution in [0, 0.1) is 18.8 Å². The van der Waals surface area contributed by atoms with Gasteiger partial charge in [-0.1, -0.05) is 32.6 Å². The highest BCUT2D eigenvalue weighted by atomic mass is 79.9. The fourth-order valence-corrected chi connectivity index (χ4v) is 4.31. The van der Waals surface area contributed by atoms with E-state index in [1.54, 1.807) is 0 Å². The molecule has 1 heterocycles. The number of aryl methyl sites for hydroxylation is 1. The molecule has 1 aromatic rings. The lowest BCUT2D eigenvalue weighted by molar-refractivity contribution is 0.275. The highest BCUT2D eigenvalue weighted by molar-refractivity contribution is 9.10. The molecule has 1 aromatic heterocycles. The van der Waals surface area contributed by atoms with E-state index in [2.05, 4.69) is 41.2 Å². The molecule has 0 unspecified atom stereocenters. The summed E-state index contributed by atoms with van der Waals surface area (Å²) in [6.07, 6.45) is 7.15. The molecular formula is C15H24BrNS. The molecule has 18 heavy (non-hydrogen) atoms. The van der Waals surface area contributed by atoms with Crippen molar-refractivity contribution in [3.05, 3.63) is 20.3 Å². The molecule has 0 aromatic carbocycles. The summed E-state index contributed by atoms with van der Waals surface area (Å²) in [6, 6.07) is 2.25. The van der Waals surface area contributed by atoms with Gasteiger partial charge in [-0.25, -0.2) is 0 Å². The van der Waals surface area contributed by atoms with Crippen molar-refractivity contribution < 1.29 is 0 Å². The van der Waals surface area contributed by atoms with Crippen LogP contribution in [0.25, 0.3) is 0 Å². The summed E-state index contributed by atoms with van der Waals surface area (Å²) in [5, 5.41) is 3.59. The summed E-state index contributed by atoms with van der Waals surface area (Å²) < 4.78 is 1.26. The second-order valence-electron chi connectivity index (χ2n) is 5.71. The van der Waals surface area contributed by atoms with Gasteiger partial charge in [0.2, 0.25) is 0 Å². The van der Waals surface area contributed by atoms with E-state index in [1.165, 1.54) is 52.9 Å². The van der Waals surface area contributed by atoms with Crippen molar-refractivity contribution in [1.82, 2.24) is 5.32 Å². The van der Waals surface area contributed by atoms with Gasteiger partial charge in [-0.3, -0.25) is 0 Å². The van der Waals surface area contributed by atoms with Crippen LogP contribution >= 0.6 is 27.3 Å². The molecule has 3 heteroatoms. The van der Waals surface area contributed by atoms with E-state index in [9.17, 15) is 0 Å². The van der Waals surface area contributed by atoms with Gasteiger partial charge in [0.25, 0.3) is 0 Å². The summed E-state index contributed by atoms with van der Waals surface area (Å²) in [5.41, 5.74) is 0. The van der Waals surface area contributed by atoms with Gasteiger partial charge in [-0.15, -0.1) is 11.3 Å². The van der Waals surface area contributed by atoms with Crippen LogP contribution in [0.5, 0.6) is 0 Å². The van der Waals surface area contributed by atoms with Gasteiger partial charge in [0.1, 0.15) is 0 Å². The number of thiophene rings is 1. The topological polar surface area (TPSA) is 12.0 Å². The lowest BCUT2D eigenvalue weighted by Gasteiger charge is -2.26.